The Labute approximate surface area is 139 Å². The summed E-state index contributed by atoms with van der Waals surface area (Å²) in [6, 6.07) is 17.8. The largest absolute Gasteiger partial charge is 0.372 e. The number of aromatic amines is 1. The maximum absolute atomic E-state index is 12.8. The summed E-state index contributed by atoms with van der Waals surface area (Å²) in [7, 11) is 0. The zero-order valence-electron chi connectivity index (χ0n) is 13.0. The van der Waals surface area contributed by atoms with Crippen LogP contribution in [0.2, 0.25) is 0 Å². The van der Waals surface area contributed by atoms with Crippen LogP contribution in [0.25, 0.3) is 0 Å². The molecule has 0 fully saturated rings. The van der Waals surface area contributed by atoms with Gasteiger partial charge in [-0.05, 0) is 11.1 Å². The SMILES string of the molecule is O=C(NCCc1ncn[nH]1)C(O)(c1ccccc1)c1ccccc1. The van der Waals surface area contributed by atoms with E-state index in [2.05, 4.69) is 20.5 Å². The first-order valence-corrected chi connectivity index (χ1v) is 7.67. The predicted molar refractivity (Wildman–Crippen MR) is 89.0 cm³/mol. The first-order chi connectivity index (χ1) is 11.7. The third-order valence-corrected chi connectivity index (χ3v) is 3.82. The fraction of sp³-hybridized carbons (Fsp3) is 0.167. The average molecular weight is 322 g/mol. The molecule has 0 unspecified atom stereocenters. The molecule has 0 atom stereocenters. The monoisotopic (exact) mass is 322 g/mol. The van der Waals surface area contributed by atoms with Crippen molar-refractivity contribution in [1.82, 2.24) is 20.5 Å². The molecule has 0 spiro atoms. The van der Waals surface area contributed by atoms with Gasteiger partial charge in [0.1, 0.15) is 12.2 Å². The molecule has 0 saturated carbocycles. The zero-order chi connectivity index (χ0) is 16.8. The summed E-state index contributed by atoms with van der Waals surface area (Å²) in [5.41, 5.74) is -0.703. The number of hydrogen-bond acceptors (Lipinski definition) is 4. The highest BCUT2D eigenvalue weighted by Crippen LogP contribution is 2.29. The lowest BCUT2D eigenvalue weighted by Crippen LogP contribution is -2.46. The van der Waals surface area contributed by atoms with Gasteiger partial charge in [0, 0.05) is 13.0 Å². The predicted octanol–water partition coefficient (Wildman–Crippen LogP) is 1.40. The Kier molecular flexibility index (Phi) is 4.67. The minimum absolute atomic E-state index is 0.343. The van der Waals surface area contributed by atoms with Crippen LogP contribution in [0, 0.1) is 0 Å². The fourth-order valence-electron chi connectivity index (χ4n) is 2.56. The van der Waals surface area contributed by atoms with E-state index in [-0.39, 0.29) is 0 Å². The van der Waals surface area contributed by atoms with Crippen LogP contribution in [0.15, 0.2) is 67.0 Å². The average Bonchev–Trinajstić information content (AvgIpc) is 3.16. The summed E-state index contributed by atoms with van der Waals surface area (Å²) in [6.07, 6.45) is 1.92. The van der Waals surface area contributed by atoms with Gasteiger partial charge in [-0.25, -0.2) is 4.98 Å². The molecule has 3 N–H and O–H groups in total. The molecular weight excluding hydrogens is 304 g/mol. The fourth-order valence-corrected chi connectivity index (χ4v) is 2.56. The van der Waals surface area contributed by atoms with Crippen molar-refractivity contribution in [2.75, 3.05) is 6.54 Å². The minimum atomic E-state index is -1.75. The van der Waals surface area contributed by atoms with E-state index in [1.165, 1.54) is 6.33 Å². The summed E-state index contributed by atoms with van der Waals surface area (Å²) in [5.74, 6) is 0.206. The number of carbonyl (C=O) groups excluding carboxylic acids is 1. The van der Waals surface area contributed by atoms with Gasteiger partial charge in [0.15, 0.2) is 5.60 Å². The molecule has 0 aliphatic heterocycles. The van der Waals surface area contributed by atoms with E-state index in [9.17, 15) is 9.90 Å². The van der Waals surface area contributed by atoms with Gasteiger partial charge in [0.25, 0.3) is 5.91 Å². The summed E-state index contributed by atoms with van der Waals surface area (Å²) < 4.78 is 0. The van der Waals surface area contributed by atoms with E-state index in [1.54, 1.807) is 48.5 Å². The van der Waals surface area contributed by atoms with Crippen molar-refractivity contribution in [3.8, 4) is 0 Å². The normalized spacial score (nSPS) is 11.2. The third-order valence-electron chi connectivity index (χ3n) is 3.82. The van der Waals surface area contributed by atoms with Crippen molar-refractivity contribution in [3.63, 3.8) is 0 Å². The molecule has 1 amide bonds. The number of H-pyrrole nitrogens is 1. The topological polar surface area (TPSA) is 90.9 Å². The Morgan fingerprint density at radius 2 is 1.62 bits per heavy atom. The quantitative estimate of drug-likeness (QED) is 0.640. The van der Waals surface area contributed by atoms with Crippen LogP contribution in [0.4, 0.5) is 0 Å². The molecule has 24 heavy (non-hydrogen) atoms. The summed E-state index contributed by atoms with van der Waals surface area (Å²) in [5, 5.41) is 20.5. The molecule has 0 saturated heterocycles. The van der Waals surface area contributed by atoms with Crippen molar-refractivity contribution in [3.05, 3.63) is 83.9 Å². The molecule has 122 valence electrons. The molecule has 2 aromatic carbocycles. The lowest BCUT2D eigenvalue weighted by atomic mass is 9.85. The Morgan fingerprint density at radius 3 is 2.12 bits per heavy atom. The van der Waals surface area contributed by atoms with Gasteiger partial charge < -0.3 is 10.4 Å². The number of aromatic nitrogens is 3. The molecule has 0 aliphatic carbocycles. The van der Waals surface area contributed by atoms with Gasteiger partial charge in [0.2, 0.25) is 0 Å². The number of nitrogens with zero attached hydrogens (tertiary/aromatic N) is 2. The smallest absolute Gasteiger partial charge is 0.261 e. The van der Waals surface area contributed by atoms with E-state index in [0.29, 0.717) is 29.9 Å². The summed E-state index contributed by atoms with van der Waals surface area (Å²) >= 11 is 0. The number of benzene rings is 2. The van der Waals surface area contributed by atoms with Crippen molar-refractivity contribution < 1.29 is 9.90 Å². The van der Waals surface area contributed by atoms with E-state index >= 15 is 0 Å². The Morgan fingerprint density at radius 1 is 1.04 bits per heavy atom. The Balaban J connectivity index is 1.83. The molecule has 0 aliphatic rings. The van der Waals surface area contributed by atoms with Crippen molar-refractivity contribution in [2.24, 2.45) is 0 Å². The van der Waals surface area contributed by atoms with Crippen LogP contribution in [-0.2, 0) is 16.8 Å². The van der Waals surface area contributed by atoms with Crippen LogP contribution in [0.5, 0.6) is 0 Å². The highest BCUT2D eigenvalue weighted by atomic mass is 16.3. The van der Waals surface area contributed by atoms with E-state index in [1.807, 2.05) is 12.1 Å². The number of amides is 1. The summed E-state index contributed by atoms with van der Waals surface area (Å²) in [6.45, 7) is 0.343. The van der Waals surface area contributed by atoms with Gasteiger partial charge >= 0.3 is 0 Å². The van der Waals surface area contributed by atoms with E-state index < -0.39 is 11.5 Å². The first-order valence-electron chi connectivity index (χ1n) is 7.67. The first kappa shape index (κ1) is 15.9. The maximum atomic E-state index is 12.8. The van der Waals surface area contributed by atoms with Crippen molar-refractivity contribution in [2.45, 2.75) is 12.0 Å². The van der Waals surface area contributed by atoms with Crippen LogP contribution in [0.1, 0.15) is 17.0 Å². The molecule has 1 aromatic heterocycles. The Hall–Kier alpha value is -2.99. The molecule has 1 heterocycles. The molecule has 3 aromatic rings. The highest BCUT2D eigenvalue weighted by Gasteiger charge is 2.39. The van der Waals surface area contributed by atoms with E-state index in [0.717, 1.165) is 0 Å². The molecule has 3 rings (SSSR count). The molecule has 6 heteroatoms. The van der Waals surface area contributed by atoms with E-state index in [4.69, 9.17) is 0 Å². The molecule has 6 nitrogen and oxygen atoms in total. The molecule has 0 bridgehead atoms. The number of rotatable bonds is 6. The number of hydrogen-bond donors (Lipinski definition) is 3. The highest BCUT2D eigenvalue weighted by molar-refractivity contribution is 5.90. The van der Waals surface area contributed by atoms with Crippen molar-refractivity contribution >= 4 is 5.91 Å². The van der Waals surface area contributed by atoms with Gasteiger partial charge in [-0.1, -0.05) is 60.7 Å². The van der Waals surface area contributed by atoms with Gasteiger partial charge in [-0.2, -0.15) is 5.10 Å². The second-order valence-corrected chi connectivity index (χ2v) is 5.38. The van der Waals surface area contributed by atoms with Gasteiger partial charge in [-0.15, -0.1) is 0 Å². The molecular formula is C18H18N4O2. The second-order valence-electron chi connectivity index (χ2n) is 5.38. The lowest BCUT2D eigenvalue weighted by molar-refractivity contribution is -0.136. The zero-order valence-corrected chi connectivity index (χ0v) is 13.0. The van der Waals surface area contributed by atoms with Gasteiger partial charge in [-0.3, -0.25) is 9.89 Å². The number of nitrogens with one attached hydrogen (secondary N) is 2. The summed E-state index contributed by atoms with van der Waals surface area (Å²) in [4.78, 5) is 16.8. The van der Waals surface area contributed by atoms with Crippen LogP contribution < -0.4 is 5.32 Å². The standard InChI is InChI=1S/C18H18N4O2/c23-17(19-12-11-16-20-13-21-22-16)18(24,14-7-3-1-4-8-14)15-9-5-2-6-10-15/h1-10,13,24H,11-12H2,(H,19,23)(H,20,21,22). The van der Waals surface area contributed by atoms with Crippen LogP contribution in [-0.4, -0.2) is 32.7 Å². The van der Waals surface area contributed by atoms with Crippen LogP contribution in [0.3, 0.4) is 0 Å². The molecule has 0 radical (unpaired) electrons. The third kappa shape index (κ3) is 3.18. The van der Waals surface area contributed by atoms with Crippen molar-refractivity contribution in [1.29, 1.82) is 0 Å². The van der Waals surface area contributed by atoms with Gasteiger partial charge in [0.05, 0.1) is 0 Å². The Bertz CT molecular complexity index is 734. The minimum Gasteiger partial charge on any atom is -0.372 e. The van der Waals surface area contributed by atoms with Crippen LogP contribution >= 0.6 is 0 Å². The maximum Gasteiger partial charge on any atom is 0.261 e. The number of aliphatic hydroxyl groups is 1. The lowest BCUT2D eigenvalue weighted by Gasteiger charge is -2.28. The number of carbonyl (C=O) groups is 1. The second kappa shape index (κ2) is 7.06.